The molecule has 4 saturated heterocycles. The number of rotatable bonds is 39. The molecule has 4 aliphatic rings. The number of sulfone groups is 2. The minimum absolute atomic E-state index is 0.0769. The van der Waals surface area contributed by atoms with Crippen molar-refractivity contribution < 1.29 is 85.0 Å². The van der Waals surface area contributed by atoms with Gasteiger partial charge in [0.1, 0.15) is 29.9 Å². The molecule has 2 aromatic heterocycles. The SMILES string of the molecule is Cc1cc(S(=O)(=O)Nc2ccc(N3CCN(c4cc(F)cc(-c5c(S(C)(=O)=O)c(C)n(C(C)C)c5-c5ccc(Cl)cc5)c4)CC3)cc2)ccc1N[C@H](CCN1CCC(C(=O)O)CC1)CSc1ccccc1F.Cc1cc(S(=O)(=O)Nc2ccc(N3CCN(c4cc(F)cc(-c5c(S(C)(=O)=O)c(C)n(C(C)C)c5-c5ccc(Cl)cc5)c4)CC3)cc2)ccc1N[C@H](CCN1CCC(C(=O)OCCP(=O)(O)O)CC1)CSc1ccccc1F. The summed E-state index contributed by atoms with van der Waals surface area (Å²) in [6.45, 7) is 23.5. The van der Waals surface area contributed by atoms with E-state index in [1.807, 2.05) is 111 Å². The molecule has 0 bridgehead atoms. The number of halogens is 6. The molecular formula is C110H127Cl2F4N12O15PS6. The molecule has 0 spiro atoms. The van der Waals surface area contributed by atoms with Gasteiger partial charge in [0.25, 0.3) is 20.0 Å². The Morgan fingerprint density at radius 3 is 1.13 bits per heavy atom. The van der Waals surface area contributed by atoms with Gasteiger partial charge >= 0.3 is 19.5 Å². The number of piperidine rings is 2. The average molecular weight is 2230 g/mol. The van der Waals surface area contributed by atoms with Crippen LogP contribution in [0, 0.1) is 62.8 Å². The van der Waals surface area contributed by atoms with E-state index in [2.05, 4.69) is 49.5 Å². The third-order valence-electron chi connectivity index (χ3n) is 27.8. The van der Waals surface area contributed by atoms with E-state index in [0.717, 1.165) is 52.4 Å². The molecule has 16 rings (SSSR count). The highest BCUT2D eigenvalue weighted by Gasteiger charge is 2.37. The average Bonchev–Trinajstić information content (AvgIpc) is 1.58. The Morgan fingerprint density at radius 2 is 0.800 bits per heavy atom. The van der Waals surface area contributed by atoms with Crippen molar-refractivity contribution in [1.82, 2.24) is 18.9 Å². The van der Waals surface area contributed by atoms with Crippen LogP contribution in [0.2, 0.25) is 10.0 Å². The lowest BCUT2D eigenvalue weighted by Crippen LogP contribution is -2.46. The quantitative estimate of drug-likeness (QED) is 0.00814. The predicted octanol–water partition coefficient (Wildman–Crippen LogP) is 22.1. The number of benzene rings is 10. The first-order valence-electron chi connectivity index (χ1n) is 49.9. The molecule has 150 heavy (non-hydrogen) atoms. The standard InChI is InChI=1S/C56H66ClF2N6O9PS3.C54H61ClF2N6O6S3/c1-37(2)65-39(4)55(77(5,70)71)53(54(65)40-10-12-43(57)13-11-40)42-33-44(58)35-48(34-42)64-28-26-63(27-29-64)47-16-14-45(15-17-47)61-78(72,73)49-18-19-51(38(3)32-49)60-46(36-76-52-9-7-6-8-50(52)59)22-25-62-23-20-41(21-24-62)56(66)74-30-31-75(67,68)69;1-35(2)63-37(4)53(71(5,66)67)51(52(63)38-10-12-41(55)13-11-38)40-31-42(56)33-46(32-40)62-28-26-61(27-29-62)45-16-14-43(15-17-45)59-72(68,69)47-18-19-49(36(3)30-47)58-44(34-70-50-9-7-6-8-48(50)57)22-25-60-23-20-39(21-24-60)54(64)65/h6-19,32-35,37,41,46,60-61H,20-31,36H2,1-5H3,(H2,67,68,69);6-19,30-33,35,39,44,58-59H,20-29,34H2,1-5H3,(H,64,65)/t46-;44-/m11/s1. The maximum absolute atomic E-state index is 15.8. The number of hydrogen-bond acceptors (Lipinski definition) is 22. The van der Waals surface area contributed by atoms with Crippen LogP contribution in [0.5, 0.6) is 0 Å². The summed E-state index contributed by atoms with van der Waals surface area (Å²) in [6.07, 6.45) is 5.54. The summed E-state index contributed by atoms with van der Waals surface area (Å²) in [5, 5.41) is 17.7. The van der Waals surface area contributed by atoms with Gasteiger partial charge in [0.2, 0.25) is 0 Å². The Hall–Kier alpha value is -11.0. The lowest BCUT2D eigenvalue weighted by molar-refractivity contribution is -0.149. The molecule has 6 heterocycles. The van der Waals surface area contributed by atoms with Gasteiger partial charge < -0.3 is 68.8 Å². The summed E-state index contributed by atoms with van der Waals surface area (Å²) in [7, 11) is -19.8. The van der Waals surface area contributed by atoms with E-state index in [4.69, 9.17) is 37.7 Å². The minimum Gasteiger partial charge on any atom is -0.481 e. The molecule has 0 aliphatic carbocycles. The van der Waals surface area contributed by atoms with Gasteiger partial charge in [-0.05, 0) is 323 Å². The fourth-order valence-electron chi connectivity index (χ4n) is 20.2. The number of carboxylic acid groups (broad SMARTS) is 1. The first-order valence-corrected chi connectivity index (χ1v) is 61.1. The second-order valence-corrected chi connectivity index (χ2v) is 51.3. The number of likely N-dealkylation sites (tertiary alicyclic amines) is 2. The number of aromatic nitrogens is 2. The second kappa shape index (κ2) is 48.9. The second-order valence-electron chi connectivity index (χ2n) is 39.2. The highest BCUT2D eigenvalue weighted by Crippen LogP contribution is 2.49. The Balaban J connectivity index is 0.000000225. The summed E-state index contributed by atoms with van der Waals surface area (Å²) in [5.74, 6) is -2.38. The number of sulfonamides is 2. The van der Waals surface area contributed by atoms with E-state index in [9.17, 15) is 61.7 Å². The molecule has 2 atom stereocenters. The van der Waals surface area contributed by atoms with Crippen molar-refractivity contribution in [1.29, 1.82) is 0 Å². The number of anilines is 8. The first-order chi connectivity index (χ1) is 71.2. The molecule has 0 radical (unpaired) electrons. The first kappa shape index (κ1) is 113. The predicted molar refractivity (Wildman–Crippen MR) is 595 cm³/mol. The van der Waals surface area contributed by atoms with Crippen LogP contribution in [-0.2, 0) is 58.6 Å². The fraction of sp³-hybridized carbons (Fsp3) is 0.364. The number of carbonyl (C=O) groups is 2. The van der Waals surface area contributed by atoms with Crippen LogP contribution in [0.3, 0.4) is 0 Å². The molecule has 4 fully saturated rings. The molecule has 0 unspecified atom stereocenters. The molecular weight excluding hydrogens is 2100 g/mol. The molecule has 4 aliphatic heterocycles. The van der Waals surface area contributed by atoms with Gasteiger partial charge in [-0.3, -0.25) is 23.6 Å². The van der Waals surface area contributed by atoms with Crippen LogP contribution in [0.15, 0.2) is 248 Å². The van der Waals surface area contributed by atoms with Crippen molar-refractivity contribution in [2.24, 2.45) is 11.8 Å². The van der Waals surface area contributed by atoms with Crippen LogP contribution in [0.25, 0.3) is 44.8 Å². The van der Waals surface area contributed by atoms with Crippen LogP contribution in [0.4, 0.5) is 63.1 Å². The van der Waals surface area contributed by atoms with Gasteiger partial charge in [-0.1, -0.05) is 71.7 Å². The monoisotopic (exact) mass is 2220 g/mol. The van der Waals surface area contributed by atoms with Crippen LogP contribution in [-0.4, -0.2) is 220 Å². The van der Waals surface area contributed by atoms with E-state index in [0.29, 0.717) is 222 Å². The van der Waals surface area contributed by atoms with Gasteiger partial charge in [0, 0.05) is 201 Å². The van der Waals surface area contributed by atoms with E-state index in [1.165, 1.54) is 72.4 Å². The zero-order valence-electron chi connectivity index (χ0n) is 85.2. The third kappa shape index (κ3) is 28.5. The number of thioether (sulfide) groups is 2. The Bertz CT molecular complexity index is 7400. The van der Waals surface area contributed by atoms with Gasteiger partial charge in [0.15, 0.2) is 19.7 Å². The van der Waals surface area contributed by atoms with Gasteiger partial charge in [0.05, 0.1) is 49.0 Å². The molecule has 12 aromatic rings. The topological polar surface area (TPSA) is 335 Å². The number of carbonyl (C=O) groups excluding carboxylic acids is 1. The highest BCUT2D eigenvalue weighted by molar-refractivity contribution is 7.99. The molecule has 0 saturated carbocycles. The Labute approximate surface area is 895 Å². The van der Waals surface area contributed by atoms with Crippen LogP contribution >= 0.6 is 54.3 Å². The highest BCUT2D eigenvalue weighted by atomic mass is 35.5. The number of carboxylic acids is 1. The number of nitrogens with zero attached hydrogens (tertiary/aromatic N) is 8. The molecule has 0 amide bonds. The number of aryl methyl sites for hydroxylation is 2. The fourth-order valence-corrected chi connectivity index (χ4v) is 27.5. The smallest absolute Gasteiger partial charge is 0.328 e. The number of hydrogen-bond donors (Lipinski definition) is 7. The van der Waals surface area contributed by atoms with Crippen molar-refractivity contribution in [2.45, 2.75) is 147 Å². The Kier molecular flexibility index (Phi) is 36.9. The maximum atomic E-state index is 15.8. The third-order valence-corrected chi connectivity index (χ3v) is 36.7. The van der Waals surface area contributed by atoms with Crippen LogP contribution in [0.1, 0.15) is 101 Å². The van der Waals surface area contributed by atoms with E-state index >= 15 is 8.78 Å². The molecule has 40 heteroatoms. The van der Waals surface area contributed by atoms with Crippen molar-refractivity contribution >= 4 is 151 Å². The van der Waals surface area contributed by atoms with Crippen molar-refractivity contribution in [3.8, 4) is 44.8 Å². The normalized spacial score (nSPS) is 15.5. The summed E-state index contributed by atoms with van der Waals surface area (Å²) in [6, 6.07) is 60.8. The van der Waals surface area contributed by atoms with Gasteiger partial charge in [-0.15, -0.1) is 23.5 Å². The van der Waals surface area contributed by atoms with Gasteiger partial charge in [-0.2, -0.15) is 0 Å². The number of ether oxygens (including phenoxy) is 1. The zero-order valence-corrected chi connectivity index (χ0v) is 92.5. The number of nitrogens with one attached hydrogen (secondary N) is 4. The zero-order chi connectivity index (χ0) is 108. The van der Waals surface area contributed by atoms with Crippen molar-refractivity contribution in [2.75, 3.05) is 168 Å². The number of aliphatic carboxylic acids is 1. The molecule has 27 nitrogen and oxygen atoms in total. The number of piperazine rings is 2. The minimum atomic E-state index is -4.26. The lowest BCUT2D eigenvalue weighted by Gasteiger charge is -2.37. The summed E-state index contributed by atoms with van der Waals surface area (Å²) < 4.78 is 196. The van der Waals surface area contributed by atoms with E-state index in [1.54, 1.807) is 135 Å². The van der Waals surface area contributed by atoms with Crippen molar-refractivity contribution in [3.63, 3.8) is 0 Å². The summed E-state index contributed by atoms with van der Waals surface area (Å²) in [4.78, 5) is 56.8. The Morgan fingerprint density at radius 1 is 0.447 bits per heavy atom. The van der Waals surface area contributed by atoms with E-state index < -0.39 is 77.1 Å². The largest absolute Gasteiger partial charge is 0.481 e. The maximum Gasteiger partial charge on any atom is 0.328 e. The number of esters is 1. The lowest BCUT2D eigenvalue weighted by atomic mass is 9.97. The van der Waals surface area contributed by atoms with E-state index in [-0.39, 0.29) is 73.8 Å². The molecule has 10 aromatic carbocycles. The molecule has 7 N–H and O–H groups in total. The summed E-state index contributed by atoms with van der Waals surface area (Å²) >= 11 is 15.3. The van der Waals surface area contributed by atoms with Gasteiger partial charge in [-0.25, -0.2) is 51.2 Å². The molecule has 800 valence electrons. The summed E-state index contributed by atoms with van der Waals surface area (Å²) in [5.41, 5.74) is 12.5. The van der Waals surface area contributed by atoms with Crippen LogP contribution < -0.4 is 39.7 Å². The van der Waals surface area contributed by atoms with Crippen molar-refractivity contribution in [3.05, 3.63) is 274 Å².